The van der Waals surface area contributed by atoms with Crippen LogP contribution in [-0.2, 0) is 4.74 Å². The first-order chi connectivity index (χ1) is 9.97. The highest BCUT2D eigenvalue weighted by atomic mass is 16.6. The Morgan fingerprint density at radius 1 is 1.38 bits per heavy atom. The van der Waals surface area contributed by atoms with Crippen LogP contribution < -0.4 is 14.8 Å². The maximum atomic E-state index is 11.6. The van der Waals surface area contributed by atoms with Crippen LogP contribution in [0.15, 0.2) is 12.1 Å². The monoisotopic (exact) mass is 291 g/mol. The van der Waals surface area contributed by atoms with Gasteiger partial charge in [-0.1, -0.05) is 5.92 Å². The average molecular weight is 291 g/mol. The van der Waals surface area contributed by atoms with Crippen LogP contribution in [0.5, 0.6) is 11.5 Å². The van der Waals surface area contributed by atoms with E-state index in [1.165, 1.54) is 0 Å². The average Bonchev–Trinajstić information content (AvgIpc) is 2.37. The molecule has 0 aliphatic rings. The molecule has 0 heterocycles. The first kappa shape index (κ1) is 16.7. The van der Waals surface area contributed by atoms with E-state index in [0.29, 0.717) is 23.8 Å². The molecule has 0 saturated heterocycles. The Morgan fingerprint density at radius 2 is 2.10 bits per heavy atom. The second-order valence-corrected chi connectivity index (χ2v) is 4.59. The first-order valence-corrected chi connectivity index (χ1v) is 6.81. The van der Waals surface area contributed by atoms with Crippen molar-refractivity contribution in [2.45, 2.75) is 40.7 Å². The van der Waals surface area contributed by atoms with Crippen LogP contribution >= 0.6 is 0 Å². The molecule has 0 spiro atoms. The SMILES string of the molecule is CC#COc1c(C)cc(NC(=O)OC(C)C)cc1OCC. The molecule has 0 aromatic heterocycles. The number of carbonyl (C=O) groups excluding carboxylic acids is 1. The number of carbonyl (C=O) groups is 1. The van der Waals surface area contributed by atoms with Crippen molar-refractivity contribution in [3.63, 3.8) is 0 Å². The third-order valence-electron chi connectivity index (χ3n) is 2.38. The minimum atomic E-state index is -0.506. The van der Waals surface area contributed by atoms with E-state index in [1.807, 2.05) is 13.8 Å². The Balaban J connectivity index is 3.01. The predicted molar refractivity (Wildman–Crippen MR) is 81.7 cm³/mol. The van der Waals surface area contributed by atoms with Crippen LogP contribution in [0.3, 0.4) is 0 Å². The summed E-state index contributed by atoms with van der Waals surface area (Å²) in [5.41, 5.74) is 1.39. The Labute approximate surface area is 125 Å². The molecule has 1 N–H and O–H groups in total. The lowest BCUT2D eigenvalue weighted by Gasteiger charge is -2.14. The van der Waals surface area contributed by atoms with Gasteiger partial charge in [0.1, 0.15) is 6.11 Å². The summed E-state index contributed by atoms with van der Waals surface area (Å²) in [7, 11) is 0. The van der Waals surface area contributed by atoms with Crippen molar-refractivity contribution >= 4 is 11.8 Å². The number of anilines is 1. The fourth-order valence-electron chi connectivity index (χ4n) is 1.67. The zero-order valence-electron chi connectivity index (χ0n) is 13.1. The number of benzene rings is 1. The molecule has 5 nitrogen and oxygen atoms in total. The van der Waals surface area contributed by atoms with E-state index in [4.69, 9.17) is 14.2 Å². The number of hydrogen-bond donors (Lipinski definition) is 1. The zero-order chi connectivity index (χ0) is 15.8. The van der Waals surface area contributed by atoms with Crippen LogP contribution in [0.25, 0.3) is 0 Å². The molecule has 0 aliphatic carbocycles. The Kier molecular flexibility index (Phi) is 6.41. The molecule has 0 bridgehead atoms. The van der Waals surface area contributed by atoms with Gasteiger partial charge in [-0.3, -0.25) is 5.32 Å². The summed E-state index contributed by atoms with van der Waals surface area (Å²) in [4.78, 5) is 11.6. The van der Waals surface area contributed by atoms with Gasteiger partial charge in [-0.05, 0) is 39.3 Å². The van der Waals surface area contributed by atoms with Crippen molar-refractivity contribution in [3.05, 3.63) is 17.7 Å². The van der Waals surface area contributed by atoms with Crippen LogP contribution in [-0.4, -0.2) is 18.8 Å². The lowest BCUT2D eigenvalue weighted by molar-refractivity contribution is 0.130. The van der Waals surface area contributed by atoms with Crippen molar-refractivity contribution in [2.24, 2.45) is 0 Å². The van der Waals surface area contributed by atoms with Gasteiger partial charge in [-0.25, -0.2) is 4.79 Å². The third kappa shape index (κ3) is 5.27. The van der Waals surface area contributed by atoms with Gasteiger partial charge in [0.05, 0.1) is 12.7 Å². The Morgan fingerprint density at radius 3 is 2.67 bits per heavy atom. The molecule has 0 fully saturated rings. The van der Waals surface area contributed by atoms with E-state index in [0.717, 1.165) is 5.56 Å². The quantitative estimate of drug-likeness (QED) is 0.840. The van der Waals surface area contributed by atoms with Crippen LogP contribution in [0.4, 0.5) is 10.5 Å². The Bertz CT molecular complexity index is 555. The number of nitrogens with one attached hydrogen (secondary N) is 1. The van der Waals surface area contributed by atoms with Gasteiger partial charge in [0.25, 0.3) is 0 Å². The van der Waals surface area contributed by atoms with Crippen molar-refractivity contribution in [3.8, 4) is 23.5 Å². The maximum Gasteiger partial charge on any atom is 0.411 e. The number of amides is 1. The fraction of sp³-hybridized carbons (Fsp3) is 0.438. The number of rotatable bonds is 5. The molecule has 0 radical (unpaired) electrons. The van der Waals surface area contributed by atoms with Crippen molar-refractivity contribution in [1.82, 2.24) is 0 Å². The summed E-state index contributed by atoms with van der Waals surface area (Å²) in [5, 5.41) is 2.66. The molecule has 0 saturated carbocycles. The van der Waals surface area contributed by atoms with Gasteiger partial charge in [-0.15, -0.1) is 0 Å². The van der Waals surface area contributed by atoms with Crippen LogP contribution in [0, 0.1) is 19.0 Å². The topological polar surface area (TPSA) is 56.8 Å². The normalized spacial score (nSPS) is 9.62. The molecule has 0 atom stereocenters. The van der Waals surface area contributed by atoms with Crippen molar-refractivity contribution in [2.75, 3.05) is 11.9 Å². The van der Waals surface area contributed by atoms with E-state index in [2.05, 4.69) is 17.3 Å². The fourth-order valence-corrected chi connectivity index (χ4v) is 1.67. The smallest absolute Gasteiger partial charge is 0.411 e. The third-order valence-corrected chi connectivity index (χ3v) is 2.38. The summed E-state index contributed by atoms with van der Waals surface area (Å²) >= 11 is 0. The summed E-state index contributed by atoms with van der Waals surface area (Å²) in [5.74, 6) is 3.74. The minimum absolute atomic E-state index is 0.181. The molecule has 0 aliphatic heterocycles. The van der Waals surface area contributed by atoms with Gasteiger partial charge >= 0.3 is 6.09 Å². The van der Waals surface area contributed by atoms with Crippen molar-refractivity contribution in [1.29, 1.82) is 0 Å². The van der Waals surface area contributed by atoms with E-state index >= 15 is 0 Å². The summed E-state index contributed by atoms with van der Waals surface area (Å²) in [6.07, 6.45) is 1.86. The van der Waals surface area contributed by atoms with Gasteiger partial charge in [0.2, 0.25) is 0 Å². The molecule has 1 aromatic carbocycles. The lowest BCUT2D eigenvalue weighted by Crippen LogP contribution is -2.18. The highest BCUT2D eigenvalue weighted by molar-refractivity contribution is 5.85. The molecule has 1 aromatic rings. The highest BCUT2D eigenvalue weighted by Gasteiger charge is 2.13. The van der Waals surface area contributed by atoms with E-state index in [-0.39, 0.29) is 6.10 Å². The summed E-state index contributed by atoms with van der Waals surface area (Å²) in [6.45, 7) is 9.47. The molecule has 1 amide bonds. The van der Waals surface area contributed by atoms with Gasteiger partial charge in [0.15, 0.2) is 11.5 Å². The van der Waals surface area contributed by atoms with Crippen LogP contribution in [0.2, 0.25) is 0 Å². The first-order valence-electron chi connectivity index (χ1n) is 6.81. The zero-order valence-corrected chi connectivity index (χ0v) is 13.1. The molecule has 0 unspecified atom stereocenters. The second-order valence-electron chi connectivity index (χ2n) is 4.59. The number of ether oxygens (including phenoxy) is 3. The molecular formula is C16H21NO4. The summed E-state index contributed by atoms with van der Waals surface area (Å²) in [6, 6.07) is 3.46. The van der Waals surface area contributed by atoms with E-state index < -0.39 is 6.09 Å². The predicted octanol–water partition coefficient (Wildman–Crippen LogP) is 3.71. The van der Waals surface area contributed by atoms with Crippen molar-refractivity contribution < 1.29 is 19.0 Å². The van der Waals surface area contributed by atoms with Gasteiger partial charge in [0, 0.05) is 18.7 Å². The lowest BCUT2D eigenvalue weighted by atomic mass is 10.2. The van der Waals surface area contributed by atoms with E-state index in [9.17, 15) is 4.79 Å². The largest absolute Gasteiger partial charge is 0.490 e. The maximum absolute atomic E-state index is 11.6. The molecule has 1 rings (SSSR count). The number of hydrogen-bond acceptors (Lipinski definition) is 4. The highest BCUT2D eigenvalue weighted by Crippen LogP contribution is 2.34. The van der Waals surface area contributed by atoms with Gasteiger partial charge in [-0.2, -0.15) is 0 Å². The van der Waals surface area contributed by atoms with E-state index in [1.54, 1.807) is 32.9 Å². The summed E-state index contributed by atoms with van der Waals surface area (Å²) < 4.78 is 15.9. The second kappa shape index (κ2) is 8.05. The molecule has 21 heavy (non-hydrogen) atoms. The van der Waals surface area contributed by atoms with Gasteiger partial charge < -0.3 is 14.2 Å². The number of aryl methyl sites for hydroxylation is 1. The molecular weight excluding hydrogens is 270 g/mol. The standard InChI is InChI=1S/C16H21NO4/c1-6-8-20-15-12(5)9-13(10-14(15)19-7-2)17-16(18)21-11(3)4/h9-11H,7H2,1-5H3,(H,17,18). The molecule has 5 heteroatoms. The van der Waals surface area contributed by atoms with Crippen LogP contribution in [0.1, 0.15) is 33.3 Å². The minimum Gasteiger partial charge on any atom is -0.490 e. The molecule has 114 valence electrons. The Hall–Kier alpha value is -2.35.